The molecule has 2 aliphatic rings. The molecule has 2 N–H and O–H groups in total. The lowest BCUT2D eigenvalue weighted by molar-refractivity contribution is 0.398. The molecule has 1 aromatic carbocycles. The van der Waals surface area contributed by atoms with Gasteiger partial charge in [0, 0.05) is 5.69 Å². The summed E-state index contributed by atoms with van der Waals surface area (Å²) in [4.78, 5) is 0. The van der Waals surface area contributed by atoms with Crippen molar-refractivity contribution in [3.63, 3.8) is 0 Å². The van der Waals surface area contributed by atoms with E-state index in [-0.39, 0.29) is 0 Å². The molecule has 0 spiro atoms. The molecule has 0 amide bonds. The molecule has 3 rings (SSSR count). The summed E-state index contributed by atoms with van der Waals surface area (Å²) in [7, 11) is 0. The number of rotatable bonds is 1. The molecule has 1 aromatic rings. The van der Waals surface area contributed by atoms with Gasteiger partial charge in [-0.3, -0.25) is 0 Å². The standard InChI is InChI=1S/C17H23N/c1-2-12-3-5-13(6-4-12)16-9-7-14-11-15(18)8-10-17(14)16/h8,10-12H,2-7,9,18H2,1H3. The molecular formula is C17H23N. The molecule has 1 saturated carbocycles. The highest BCUT2D eigenvalue weighted by molar-refractivity contribution is 5.76. The summed E-state index contributed by atoms with van der Waals surface area (Å²) in [6.07, 6.45) is 9.26. The van der Waals surface area contributed by atoms with Crippen molar-refractivity contribution in [3.8, 4) is 0 Å². The minimum Gasteiger partial charge on any atom is -0.399 e. The predicted molar refractivity (Wildman–Crippen MR) is 78.3 cm³/mol. The Bertz CT molecular complexity index is 474. The van der Waals surface area contributed by atoms with Crippen LogP contribution in [0.4, 0.5) is 5.69 Å². The number of aryl methyl sites for hydroxylation is 1. The van der Waals surface area contributed by atoms with Crippen molar-refractivity contribution < 1.29 is 0 Å². The summed E-state index contributed by atoms with van der Waals surface area (Å²) in [5.41, 5.74) is 13.1. The highest BCUT2D eigenvalue weighted by atomic mass is 14.5. The first kappa shape index (κ1) is 11.8. The van der Waals surface area contributed by atoms with Crippen molar-refractivity contribution in [2.45, 2.75) is 51.9 Å². The van der Waals surface area contributed by atoms with Crippen molar-refractivity contribution in [2.24, 2.45) is 5.92 Å². The minimum absolute atomic E-state index is 0.912. The van der Waals surface area contributed by atoms with Crippen LogP contribution in [0.1, 0.15) is 56.6 Å². The number of anilines is 1. The Morgan fingerprint density at radius 1 is 1.11 bits per heavy atom. The molecule has 0 bridgehead atoms. The molecule has 1 fully saturated rings. The van der Waals surface area contributed by atoms with Crippen LogP contribution < -0.4 is 5.73 Å². The number of hydrogen-bond donors (Lipinski definition) is 1. The van der Waals surface area contributed by atoms with E-state index in [9.17, 15) is 0 Å². The largest absolute Gasteiger partial charge is 0.399 e. The number of benzene rings is 1. The van der Waals surface area contributed by atoms with Crippen LogP contribution in [0.5, 0.6) is 0 Å². The van der Waals surface area contributed by atoms with E-state index in [1.807, 2.05) is 0 Å². The van der Waals surface area contributed by atoms with Crippen molar-refractivity contribution in [2.75, 3.05) is 5.73 Å². The van der Waals surface area contributed by atoms with Gasteiger partial charge in [0.1, 0.15) is 0 Å². The fraction of sp³-hybridized carbons (Fsp3) is 0.529. The Balaban J connectivity index is 1.87. The third-order valence-corrected chi connectivity index (χ3v) is 4.81. The van der Waals surface area contributed by atoms with Crippen LogP contribution in [0.3, 0.4) is 0 Å². The maximum absolute atomic E-state index is 5.87. The van der Waals surface area contributed by atoms with Gasteiger partial charge in [0.15, 0.2) is 0 Å². The van der Waals surface area contributed by atoms with E-state index >= 15 is 0 Å². The SMILES string of the molecule is CCC1CCC(=C2CCc3cc(N)ccc32)CC1. The van der Waals surface area contributed by atoms with Crippen LogP contribution in [-0.2, 0) is 6.42 Å². The molecule has 0 aromatic heterocycles. The van der Waals surface area contributed by atoms with Crippen LogP contribution in [0.25, 0.3) is 5.57 Å². The second-order valence-corrected chi connectivity index (χ2v) is 5.85. The molecule has 0 heterocycles. The zero-order chi connectivity index (χ0) is 12.5. The van der Waals surface area contributed by atoms with Crippen LogP contribution in [-0.4, -0.2) is 0 Å². The fourth-order valence-electron chi connectivity index (χ4n) is 3.61. The number of fused-ring (bicyclic) bond motifs is 1. The van der Waals surface area contributed by atoms with Gasteiger partial charge < -0.3 is 5.73 Å². The van der Waals surface area contributed by atoms with Gasteiger partial charge in [-0.2, -0.15) is 0 Å². The second-order valence-electron chi connectivity index (χ2n) is 5.85. The number of nitrogens with two attached hydrogens (primary N) is 1. The van der Waals surface area contributed by atoms with Gasteiger partial charge in [-0.05, 0) is 73.3 Å². The maximum Gasteiger partial charge on any atom is 0.0317 e. The Labute approximate surface area is 110 Å². The third kappa shape index (κ3) is 2.07. The van der Waals surface area contributed by atoms with E-state index in [2.05, 4.69) is 25.1 Å². The monoisotopic (exact) mass is 241 g/mol. The quantitative estimate of drug-likeness (QED) is 0.716. The highest BCUT2D eigenvalue weighted by Gasteiger charge is 2.23. The lowest BCUT2D eigenvalue weighted by Gasteiger charge is -2.24. The smallest absolute Gasteiger partial charge is 0.0317 e. The zero-order valence-electron chi connectivity index (χ0n) is 11.3. The fourth-order valence-corrected chi connectivity index (χ4v) is 3.61. The van der Waals surface area contributed by atoms with E-state index < -0.39 is 0 Å². The number of allylic oxidation sites excluding steroid dienone is 2. The van der Waals surface area contributed by atoms with E-state index in [0.717, 1.165) is 11.6 Å². The van der Waals surface area contributed by atoms with Gasteiger partial charge in [0.2, 0.25) is 0 Å². The molecule has 0 unspecified atom stereocenters. The lowest BCUT2D eigenvalue weighted by Crippen LogP contribution is -2.08. The summed E-state index contributed by atoms with van der Waals surface area (Å²) in [5, 5.41) is 0. The molecule has 2 aliphatic carbocycles. The van der Waals surface area contributed by atoms with Gasteiger partial charge >= 0.3 is 0 Å². The summed E-state index contributed by atoms with van der Waals surface area (Å²) in [6.45, 7) is 2.33. The van der Waals surface area contributed by atoms with Crippen LogP contribution >= 0.6 is 0 Å². The number of hydrogen-bond acceptors (Lipinski definition) is 1. The highest BCUT2D eigenvalue weighted by Crippen LogP contribution is 2.41. The van der Waals surface area contributed by atoms with Gasteiger partial charge in [0.25, 0.3) is 0 Å². The molecule has 0 atom stereocenters. The first-order valence-corrected chi connectivity index (χ1v) is 7.37. The Morgan fingerprint density at radius 3 is 2.61 bits per heavy atom. The maximum atomic E-state index is 5.87. The third-order valence-electron chi connectivity index (χ3n) is 4.81. The van der Waals surface area contributed by atoms with E-state index in [1.165, 1.54) is 56.1 Å². The Kier molecular flexibility index (Phi) is 3.15. The summed E-state index contributed by atoms with van der Waals surface area (Å²) < 4.78 is 0. The molecule has 1 heteroatoms. The first-order chi connectivity index (χ1) is 8.78. The Hall–Kier alpha value is -1.24. The van der Waals surface area contributed by atoms with Gasteiger partial charge in [-0.1, -0.05) is 25.0 Å². The van der Waals surface area contributed by atoms with Gasteiger partial charge in [-0.15, -0.1) is 0 Å². The summed E-state index contributed by atoms with van der Waals surface area (Å²) in [5.74, 6) is 0.974. The molecular weight excluding hydrogens is 218 g/mol. The van der Waals surface area contributed by atoms with Crippen molar-refractivity contribution in [1.29, 1.82) is 0 Å². The normalized spacial score (nSPS) is 23.3. The zero-order valence-corrected chi connectivity index (χ0v) is 11.3. The van der Waals surface area contributed by atoms with Crippen molar-refractivity contribution >= 4 is 11.3 Å². The number of nitrogen functional groups attached to an aromatic ring is 1. The van der Waals surface area contributed by atoms with Crippen LogP contribution in [0.15, 0.2) is 23.8 Å². The average Bonchev–Trinajstić information content (AvgIpc) is 2.81. The van der Waals surface area contributed by atoms with Crippen LogP contribution in [0.2, 0.25) is 0 Å². The van der Waals surface area contributed by atoms with Gasteiger partial charge in [0.05, 0.1) is 0 Å². The topological polar surface area (TPSA) is 26.0 Å². The van der Waals surface area contributed by atoms with Crippen LogP contribution in [0, 0.1) is 5.92 Å². The van der Waals surface area contributed by atoms with E-state index in [1.54, 1.807) is 11.1 Å². The summed E-state index contributed by atoms with van der Waals surface area (Å²) >= 11 is 0. The Morgan fingerprint density at radius 2 is 1.89 bits per heavy atom. The van der Waals surface area contributed by atoms with Gasteiger partial charge in [-0.25, -0.2) is 0 Å². The molecule has 0 radical (unpaired) electrons. The first-order valence-electron chi connectivity index (χ1n) is 7.37. The lowest BCUT2D eigenvalue weighted by atomic mass is 9.81. The molecule has 0 aliphatic heterocycles. The molecule has 96 valence electrons. The molecule has 0 saturated heterocycles. The van der Waals surface area contributed by atoms with Crippen molar-refractivity contribution in [3.05, 3.63) is 34.9 Å². The molecule has 18 heavy (non-hydrogen) atoms. The van der Waals surface area contributed by atoms with Crippen molar-refractivity contribution in [1.82, 2.24) is 0 Å². The van der Waals surface area contributed by atoms with E-state index in [0.29, 0.717) is 0 Å². The average molecular weight is 241 g/mol. The predicted octanol–water partition coefficient (Wildman–Crippen LogP) is 4.57. The van der Waals surface area contributed by atoms with E-state index in [4.69, 9.17) is 5.73 Å². The minimum atomic E-state index is 0.912. The summed E-state index contributed by atoms with van der Waals surface area (Å²) in [6, 6.07) is 6.47. The second kappa shape index (κ2) is 4.79. The molecule has 1 nitrogen and oxygen atoms in total.